The van der Waals surface area contributed by atoms with Crippen LogP contribution in [-0.4, -0.2) is 4.57 Å². The third kappa shape index (κ3) is 6.24. The van der Waals surface area contributed by atoms with Crippen LogP contribution in [0.2, 0.25) is 0 Å². The van der Waals surface area contributed by atoms with Crippen molar-refractivity contribution in [1.82, 2.24) is 4.57 Å². The van der Waals surface area contributed by atoms with Gasteiger partial charge in [-0.3, -0.25) is 0 Å². The van der Waals surface area contributed by atoms with E-state index in [9.17, 15) is 0 Å². The first-order valence-electron chi connectivity index (χ1n) is 20.3. The van der Waals surface area contributed by atoms with Crippen molar-refractivity contribution in [1.29, 1.82) is 0 Å². The van der Waals surface area contributed by atoms with E-state index in [0.29, 0.717) is 0 Å². The highest BCUT2D eigenvalue weighted by atomic mass is 15.1. The average molecular weight is 733 g/mol. The third-order valence-electron chi connectivity index (χ3n) is 11.6. The molecule has 0 atom stereocenters. The van der Waals surface area contributed by atoms with Gasteiger partial charge < -0.3 is 9.47 Å². The molecule has 10 rings (SSSR count). The third-order valence-corrected chi connectivity index (χ3v) is 11.6. The van der Waals surface area contributed by atoms with Gasteiger partial charge in [0.1, 0.15) is 0 Å². The maximum atomic E-state index is 2.52. The lowest BCUT2D eigenvalue weighted by Gasteiger charge is -2.30. The number of anilines is 3. The van der Waals surface area contributed by atoms with Gasteiger partial charge >= 0.3 is 0 Å². The van der Waals surface area contributed by atoms with Crippen LogP contribution in [-0.2, 0) is 6.42 Å². The Balaban J connectivity index is 1.31. The molecule has 0 radical (unpaired) electrons. The Hall–Kier alpha value is -6.90. The van der Waals surface area contributed by atoms with Crippen LogP contribution >= 0.6 is 0 Å². The van der Waals surface area contributed by atoms with Gasteiger partial charge in [-0.1, -0.05) is 159 Å². The van der Waals surface area contributed by atoms with Gasteiger partial charge in [-0.15, -0.1) is 0 Å². The molecular weight excluding hydrogens is 689 g/mol. The van der Waals surface area contributed by atoms with E-state index in [1.807, 2.05) is 0 Å². The first-order chi connectivity index (χ1) is 28.3. The summed E-state index contributed by atoms with van der Waals surface area (Å²) >= 11 is 0. The Labute approximate surface area is 334 Å². The molecule has 0 aliphatic carbocycles. The molecule has 0 fully saturated rings. The minimum atomic E-state index is 1.03. The zero-order chi connectivity index (χ0) is 38.1. The molecule has 2 heteroatoms. The molecule has 10 aromatic rings. The molecule has 274 valence electrons. The quantitative estimate of drug-likeness (QED) is 0.100. The topological polar surface area (TPSA) is 8.17 Å². The summed E-state index contributed by atoms with van der Waals surface area (Å²) in [6, 6.07) is 73.5. The number of aromatic nitrogens is 1. The summed E-state index contributed by atoms with van der Waals surface area (Å²) in [5.74, 6) is 0. The molecular formula is C55H44N2. The van der Waals surface area contributed by atoms with E-state index in [1.165, 1.54) is 89.7 Å². The smallest absolute Gasteiger partial charge is 0.0618 e. The van der Waals surface area contributed by atoms with Gasteiger partial charge in [-0.05, 0) is 112 Å². The van der Waals surface area contributed by atoms with Crippen molar-refractivity contribution in [3.63, 3.8) is 0 Å². The van der Waals surface area contributed by atoms with Crippen molar-refractivity contribution < 1.29 is 0 Å². The SMILES string of the molecule is CCCCCc1c2cc(-c3ccccc3)ccc2c(N(c2ccccc2)c2ccc3c(c2)c2ccccc2n3-c2ccccc2)c2cc(-c3ccccc3)ccc12. The molecule has 2 nitrogen and oxygen atoms in total. The molecule has 0 saturated heterocycles. The molecule has 0 amide bonds. The van der Waals surface area contributed by atoms with Crippen LogP contribution in [0.3, 0.4) is 0 Å². The van der Waals surface area contributed by atoms with Crippen LogP contribution in [0.1, 0.15) is 31.7 Å². The van der Waals surface area contributed by atoms with Crippen LogP contribution in [0.5, 0.6) is 0 Å². The molecule has 0 spiro atoms. The fourth-order valence-electron chi connectivity index (χ4n) is 8.92. The summed E-state index contributed by atoms with van der Waals surface area (Å²) in [5.41, 5.74) is 13.4. The Morgan fingerprint density at radius 2 is 0.965 bits per heavy atom. The molecule has 9 aromatic carbocycles. The number of aryl methyl sites for hydroxylation is 1. The highest BCUT2D eigenvalue weighted by Crippen LogP contribution is 2.48. The van der Waals surface area contributed by atoms with Crippen LogP contribution in [0.25, 0.3) is 71.3 Å². The van der Waals surface area contributed by atoms with Gasteiger partial charge in [-0.2, -0.15) is 0 Å². The molecule has 0 aliphatic rings. The molecule has 0 N–H and O–H groups in total. The number of benzene rings is 9. The lowest BCUT2D eigenvalue weighted by atomic mass is 9.87. The van der Waals surface area contributed by atoms with Gasteiger partial charge in [0.05, 0.1) is 16.7 Å². The summed E-state index contributed by atoms with van der Waals surface area (Å²) in [4.78, 5) is 2.52. The summed E-state index contributed by atoms with van der Waals surface area (Å²) < 4.78 is 2.40. The zero-order valence-corrected chi connectivity index (χ0v) is 32.3. The lowest BCUT2D eigenvalue weighted by molar-refractivity contribution is 0.722. The van der Waals surface area contributed by atoms with Crippen molar-refractivity contribution in [3.8, 4) is 27.9 Å². The minimum absolute atomic E-state index is 1.03. The predicted molar refractivity (Wildman–Crippen MR) is 245 cm³/mol. The number of hydrogen-bond donors (Lipinski definition) is 0. The highest BCUT2D eigenvalue weighted by molar-refractivity contribution is 6.18. The van der Waals surface area contributed by atoms with E-state index in [1.54, 1.807) is 0 Å². The van der Waals surface area contributed by atoms with E-state index in [2.05, 4.69) is 217 Å². The number of fused-ring (bicyclic) bond motifs is 5. The fourth-order valence-corrected chi connectivity index (χ4v) is 8.92. The Bertz CT molecular complexity index is 3000. The van der Waals surface area contributed by atoms with E-state index in [4.69, 9.17) is 0 Å². The first kappa shape index (κ1) is 34.6. The number of nitrogens with zero attached hydrogens (tertiary/aromatic N) is 2. The molecule has 1 aromatic heterocycles. The maximum Gasteiger partial charge on any atom is 0.0618 e. The molecule has 1 heterocycles. The van der Waals surface area contributed by atoms with Gasteiger partial charge in [0, 0.05) is 38.6 Å². The molecule has 0 saturated carbocycles. The largest absolute Gasteiger partial charge is 0.309 e. The first-order valence-corrected chi connectivity index (χ1v) is 20.3. The Kier molecular flexibility index (Phi) is 9.08. The molecule has 0 aliphatic heterocycles. The van der Waals surface area contributed by atoms with Gasteiger partial charge in [0.2, 0.25) is 0 Å². The van der Waals surface area contributed by atoms with Crippen molar-refractivity contribution in [2.45, 2.75) is 32.6 Å². The van der Waals surface area contributed by atoms with Crippen LogP contribution in [0.15, 0.2) is 200 Å². The Morgan fingerprint density at radius 1 is 0.386 bits per heavy atom. The summed E-state index contributed by atoms with van der Waals surface area (Å²) in [6.45, 7) is 2.30. The molecule has 0 unspecified atom stereocenters. The van der Waals surface area contributed by atoms with Crippen molar-refractivity contribution in [3.05, 3.63) is 206 Å². The van der Waals surface area contributed by atoms with Crippen LogP contribution in [0, 0.1) is 0 Å². The van der Waals surface area contributed by atoms with Crippen molar-refractivity contribution >= 4 is 60.4 Å². The van der Waals surface area contributed by atoms with Crippen molar-refractivity contribution in [2.24, 2.45) is 0 Å². The number of rotatable bonds is 10. The lowest BCUT2D eigenvalue weighted by Crippen LogP contribution is -2.12. The zero-order valence-electron chi connectivity index (χ0n) is 32.3. The monoisotopic (exact) mass is 732 g/mol. The van der Waals surface area contributed by atoms with Crippen molar-refractivity contribution in [2.75, 3.05) is 4.90 Å². The summed E-state index contributed by atoms with van der Waals surface area (Å²) in [6.07, 6.45) is 4.57. The maximum absolute atomic E-state index is 2.52. The number of hydrogen-bond acceptors (Lipinski definition) is 1. The van der Waals surface area contributed by atoms with E-state index >= 15 is 0 Å². The number of para-hydroxylation sites is 3. The van der Waals surface area contributed by atoms with E-state index < -0.39 is 0 Å². The highest BCUT2D eigenvalue weighted by Gasteiger charge is 2.24. The van der Waals surface area contributed by atoms with E-state index in [0.717, 1.165) is 29.9 Å². The second-order valence-electron chi connectivity index (χ2n) is 15.1. The van der Waals surface area contributed by atoms with E-state index in [-0.39, 0.29) is 0 Å². The average Bonchev–Trinajstić information content (AvgIpc) is 3.62. The summed E-state index contributed by atoms with van der Waals surface area (Å²) in [5, 5.41) is 7.64. The Morgan fingerprint density at radius 3 is 1.65 bits per heavy atom. The minimum Gasteiger partial charge on any atom is -0.309 e. The second-order valence-corrected chi connectivity index (χ2v) is 15.1. The molecule has 0 bridgehead atoms. The summed E-state index contributed by atoms with van der Waals surface area (Å²) in [7, 11) is 0. The fraction of sp³-hybridized carbons (Fsp3) is 0.0909. The molecule has 57 heavy (non-hydrogen) atoms. The predicted octanol–water partition coefficient (Wildman–Crippen LogP) is 15.6. The second kappa shape index (κ2) is 15.0. The normalized spacial score (nSPS) is 11.5. The number of unbranched alkanes of at least 4 members (excludes halogenated alkanes) is 2. The van der Waals surface area contributed by atoms with Crippen LogP contribution in [0.4, 0.5) is 17.1 Å². The van der Waals surface area contributed by atoms with Gasteiger partial charge in [0.25, 0.3) is 0 Å². The standard InChI is InChI=1S/C55H44N2/c1-2-3-8-27-46-47-33-30-42(40-21-11-5-12-22-40)37-52(47)55(49-34-31-41(36-50(46)49)39-19-9-4-10-20-39)56(43-23-13-6-14-24-43)45-32-35-54-51(38-45)48-28-17-18-29-53(48)57(54)44-25-15-7-16-26-44/h4-7,9-26,28-38H,2-3,8,27H2,1H3. The van der Waals surface area contributed by atoms with Gasteiger partial charge in [-0.25, -0.2) is 0 Å². The van der Waals surface area contributed by atoms with Crippen LogP contribution < -0.4 is 4.90 Å². The van der Waals surface area contributed by atoms with Gasteiger partial charge in [0.15, 0.2) is 0 Å².